The van der Waals surface area contributed by atoms with Crippen LogP contribution in [0.1, 0.15) is 23.2 Å². The summed E-state index contributed by atoms with van der Waals surface area (Å²) in [6, 6.07) is 1.71. The highest BCUT2D eigenvalue weighted by Gasteiger charge is 2.23. The number of carbonyl (C=O) groups excluding carboxylic acids is 1. The number of morpholine rings is 1. The molecule has 2 fully saturated rings. The van der Waals surface area contributed by atoms with E-state index < -0.39 is 0 Å². The molecule has 0 aliphatic carbocycles. The van der Waals surface area contributed by atoms with Crippen molar-refractivity contribution < 1.29 is 14.6 Å². The predicted molar refractivity (Wildman–Crippen MR) is 88.0 cm³/mol. The topological polar surface area (TPSA) is 65.9 Å². The summed E-state index contributed by atoms with van der Waals surface area (Å²) in [5.74, 6) is 1.04. The van der Waals surface area contributed by atoms with E-state index in [0.29, 0.717) is 42.8 Å². The molecule has 0 atom stereocenters. The van der Waals surface area contributed by atoms with Crippen molar-refractivity contribution >= 4 is 23.3 Å². The minimum absolute atomic E-state index is 0.0479. The number of hydrogen-bond donors (Lipinski definition) is 1. The first kappa shape index (κ1) is 16.5. The van der Waals surface area contributed by atoms with E-state index in [0.717, 1.165) is 31.7 Å². The summed E-state index contributed by atoms with van der Waals surface area (Å²) in [6.07, 6.45) is 3.48. The predicted octanol–water partition coefficient (Wildman–Crippen LogP) is 1.42. The number of aromatic nitrogens is 1. The Labute approximate surface area is 141 Å². The fraction of sp³-hybridized carbons (Fsp3) is 0.625. The molecule has 0 unspecified atom stereocenters. The zero-order chi connectivity index (χ0) is 16.2. The molecular weight excluding hydrogens is 318 g/mol. The molecule has 3 heterocycles. The van der Waals surface area contributed by atoms with Crippen LogP contribution in [-0.2, 0) is 4.74 Å². The number of aliphatic hydroxyl groups excluding tert-OH is 1. The second-order valence-electron chi connectivity index (χ2n) is 6.05. The first-order chi connectivity index (χ1) is 11.2. The number of aliphatic hydroxyl groups is 1. The van der Waals surface area contributed by atoms with Crippen molar-refractivity contribution in [2.24, 2.45) is 5.92 Å². The van der Waals surface area contributed by atoms with Crippen LogP contribution in [0.3, 0.4) is 0 Å². The lowest BCUT2D eigenvalue weighted by atomic mass is 9.98. The van der Waals surface area contributed by atoms with Crippen LogP contribution >= 0.6 is 11.6 Å². The van der Waals surface area contributed by atoms with Gasteiger partial charge in [-0.3, -0.25) is 4.79 Å². The molecule has 23 heavy (non-hydrogen) atoms. The van der Waals surface area contributed by atoms with E-state index >= 15 is 0 Å². The highest BCUT2D eigenvalue weighted by atomic mass is 35.5. The molecule has 2 aliphatic heterocycles. The zero-order valence-electron chi connectivity index (χ0n) is 13.1. The monoisotopic (exact) mass is 339 g/mol. The Hall–Kier alpha value is -1.37. The van der Waals surface area contributed by atoms with Gasteiger partial charge in [0.2, 0.25) is 0 Å². The summed E-state index contributed by atoms with van der Waals surface area (Å²) in [5, 5.41) is 9.72. The van der Waals surface area contributed by atoms with Crippen molar-refractivity contribution in [2.45, 2.75) is 12.8 Å². The molecular formula is C16H22ClN3O3. The van der Waals surface area contributed by atoms with Crippen LogP contribution in [0.15, 0.2) is 12.3 Å². The molecule has 0 aromatic carbocycles. The van der Waals surface area contributed by atoms with Crippen molar-refractivity contribution in [2.75, 3.05) is 50.9 Å². The molecule has 2 saturated heterocycles. The maximum absolute atomic E-state index is 12.5. The average molecular weight is 340 g/mol. The van der Waals surface area contributed by atoms with Gasteiger partial charge in [0, 0.05) is 39.0 Å². The van der Waals surface area contributed by atoms with Crippen molar-refractivity contribution in [3.05, 3.63) is 22.8 Å². The summed E-state index contributed by atoms with van der Waals surface area (Å²) in [5.41, 5.74) is 0.519. The Bertz CT molecular complexity index is 556. The number of halogens is 1. The highest BCUT2D eigenvalue weighted by molar-refractivity contribution is 6.33. The van der Waals surface area contributed by atoms with Gasteiger partial charge in [-0.15, -0.1) is 0 Å². The van der Waals surface area contributed by atoms with Crippen LogP contribution in [0.4, 0.5) is 5.82 Å². The lowest BCUT2D eigenvalue weighted by Crippen LogP contribution is -2.40. The molecule has 0 saturated carbocycles. The molecule has 7 heteroatoms. The number of carbonyl (C=O) groups is 1. The molecule has 6 nitrogen and oxygen atoms in total. The number of anilines is 1. The summed E-state index contributed by atoms with van der Waals surface area (Å²) < 4.78 is 5.27. The SMILES string of the molecule is O=C(c1cnc(N2CCC(CO)CC2)c(Cl)c1)N1CCOCC1. The molecule has 1 amide bonds. The first-order valence-corrected chi connectivity index (χ1v) is 8.45. The van der Waals surface area contributed by atoms with Crippen LogP contribution in [0, 0.1) is 5.92 Å². The average Bonchev–Trinajstić information content (AvgIpc) is 2.62. The summed E-state index contributed by atoms with van der Waals surface area (Å²) in [4.78, 5) is 20.8. The maximum atomic E-state index is 12.5. The highest BCUT2D eigenvalue weighted by Crippen LogP contribution is 2.28. The smallest absolute Gasteiger partial charge is 0.255 e. The lowest BCUT2D eigenvalue weighted by Gasteiger charge is -2.32. The van der Waals surface area contributed by atoms with E-state index in [2.05, 4.69) is 9.88 Å². The van der Waals surface area contributed by atoms with Gasteiger partial charge < -0.3 is 19.6 Å². The fourth-order valence-electron chi connectivity index (χ4n) is 3.06. The molecule has 0 bridgehead atoms. The van der Waals surface area contributed by atoms with E-state index in [9.17, 15) is 9.90 Å². The van der Waals surface area contributed by atoms with Crippen LogP contribution in [0.5, 0.6) is 0 Å². The van der Waals surface area contributed by atoms with E-state index in [-0.39, 0.29) is 12.5 Å². The molecule has 1 aromatic heterocycles. The summed E-state index contributed by atoms with van der Waals surface area (Å²) in [6.45, 7) is 4.25. The minimum atomic E-state index is -0.0479. The van der Waals surface area contributed by atoms with E-state index in [1.165, 1.54) is 0 Å². The summed E-state index contributed by atoms with van der Waals surface area (Å²) >= 11 is 6.37. The number of pyridine rings is 1. The normalized spacial score (nSPS) is 19.9. The van der Waals surface area contributed by atoms with Crippen LogP contribution in [0.25, 0.3) is 0 Å². The quantitative estimate of drug-likeness (QED) is 0.902. The second-order valence-corrected chi connectivity index (χ2v) is 6.45. The maximum Gasteiger partial charge on any atom is 0.255 e. The third-order valence-electron chi connectivity index (χ3n) is 4.54. The van der Waals surface area contributed by atoms with Gasteiger partial charge in [-0.05, 0) is 24.8 Å². The molecule has 1 N–H and O–H groups in total. The fourth-order valence-corrected chi connectivity index (χ4v) is 3.34. The zero-order valence-corrected chi connectivity index (χ0v) is 13.8. The third-order valence-corrected chi connectivity index (χ3v) is 4.82. The van der Waals surface area contributed by atoms with Crippen molar-refractivity contribution in [1.82, 2.24) is 9.88 Å². The van der Waals surface area contributed by atoms with Crippen molar-refractivity contribution in [1.29, 1.82) is 0 Å². The Kier molecular flexibility index (Phi) is 5.35. The number of amides is 1. The van der Waals surface area contributed by atoms with Crippen molar-refractivity contribution in [3.8, 4) is 0 Å². The third kappa shape index (κ3) is 3.76. The number of hydrogen-bond acceptors (Lipinski definition) is 5. The lowest BCUT2D eigenvalue weighted by molar-refractivity contribution is 0.0302. The number of rotatable bonds is 3. The van der Waals surface area contributed by atoms with Gasteiger partial charge in [-0.2, -0.15) is 0 Å². The minimum Gasteiger partial charge on any atom is -0.396 e. The second kappa shape index (κ2) is 7.47. The van der Waals surface area contributed by atoms with Gasteiger partial charge in [0.25, 0.3) is 5.91 Å². The largest absolute Gasteiger partial charge is 0.396 e. The molecule has 0 radical (unpaired) electrons. The van der Waals surface area contributed by atoms with Crippen molar-refractivity contribution in [3.63, 3.8) is 0 Å². The molecule has 1 aromatic rings. The van der Waals surface area contributed by atoms with Gasteiger partial charge >= 0.3 is 0 Å². The molecule has 0 spiro atoms. The molecule has 3 rings (SSSR count). The van der Waals surface area contributed by atoms with Gasteiger partial charge in [-0.25, -0.2) is 4.98 Å². The Morgan fingerprint density at radius 2 is 2.00 bits per heavy atom. The van der Waals surface area contributed by atoms with E-state index in [1.807, 2.05) is 0 Å². The number of ether oxygens (including phenoxy) is 1. The van der Waals surface area contributed by atoms with Crippen LogP contribution in [0.2, 0.25) is 5.02 Å². The van der Waals surface area contributed by atoms with Gasteiger partial charge in [-0.1, -0.05) is 11.6 Å². The Morgan fingerprint density at radius 3 is 2.61 bits per heavy atom. The van der Waals surface area contributed by atoms with Gasteiger partial charge in [0.1, 0.15) is 5.82 Å². The standard InChI is InChI=1S/C16H22ClN3O3/c17-14-9-13(16(22)20-5-7-23-8-6-20)10-18-15(14)19-3-1-12(11-21)2-4-19/h9-10,12,21H,1-8,11H2. The van der Waals surface area contributed by atoms with Gasteiger partial charge in [0.05, 0.1) is 23.8 Å². The van der Waals surface area contributed by atoms with Gasteiger partial charge in [0.15, 0.2) is 0 Å². The first-order valence-electron chi connectivity index (χ1n) is 8.07. The molecule has 126 valence electrons. The van der Waals surface area contributed by atoms with E-state index in [1.54, 1.807) is 17.2 Å². The van der Waals surface area contributed by atoms with Crippen LogP contribution < -0.4 is 4.90 Å². The van der Waals surface area contributed by atoms with E-state index in [4.69, 9.17) is 16.3 Å². The number of piperidine rings is 1. The van der Waals surface area contributed by atoms with Crippen LogP contribution in [-0.4, -0.2) is 66.9 Å². The Balaban J connectivity index is 1.69. The Morgan fingerprint density at radius 1 is 1.30 bits per heavy atom. The summed E-state index contributed by atoms with van der Waals surface area (Å²) in [7, 11) is 0. The number of nitrogens with zero attached hydrogens (tertiary/aromatic N) is 3. The molecule has 2 aliphatic rings.